The molecule has 0 fully saturated rings. The SMILES string of the molecule is COc1cccc(CCOC(=O)C(C)N)c1. The highest BCUT2D eigenvalue weighted by Gasteiger charge is 2.07. The number of carbonyl (C=O) groups excluding carboxylic acids is 1. The topological polar surface area (TPSA) is 61.5 Å². The van der Waals surface area contributed by atoms with E-state index in [1.54, 1.807) is 14.0 Å². The minimum Gasteiger partial charge on any atom is -0.497 e. The molecule has 16 heavy (non-hydrogen) atoms. The van der Waals surface area contributed by atoms with Gasteiger partial charge in [0, 0.05) is 6.42 Å². The van der Waals surface area contributed by atoms with Crippen molar-refractivity contribution in [3.63, 3.8) is 0 Å². The van der Waals surface area contributed by atoms with Crippen LogP contribution in [0.1, 0.15) is 12.5 Å². The first kappa shape index (κ1) is 12.5. The molecule has 0 aromatic heterocycles. The summed E-state index contributed by atoms with van der Waals surface area (Å²) >= 11 is 0. The Balaban J connectivity index is 2.40. The molecule has 88 valence electrons. The highest BCUT2D eigenvalue weighted by atomic mass is 16.5. The molecule has 1 aromatic carbocycles. The Hall–Kier alpha value is -1.55. The molecule has 0 spiro atoms. The molecular weight excluding hydrogens is 206 g/mol. The molecule has 0 saturated heterocycles. The van der Waals surface area contributed by atoms with Crippen LogP contribution in [0, 0.1) is 0 Å². The zero-order valence-corrected chi connectivity index (χ0v) is 9.60. The summed E-state index contributed by atoms with van der Waals surface area (Å²) in [5.74, 6) is 0.430. The molecule has 0 amide bonds. The van der Waals surface area contributed by atoms with Crippen molar-refractivity contribution in [3.05, 3.63) is 29.8 Å². The van der Waals surface area contributed by atoms with Crippen molar-refractivity contribution in [2.75, 3.05) is 13.7 Å². The van der Waals surface area contributed by atoms with Crippen molar-refractivity contribution < 1.29 is 14.3 Å². The average molecular weight is 223 g/mol. The molecular formula is C12H17NO3. The highest BCUT2D eigenvalue weighted by molar-refractivity contribution is 5.74. The lowest BCUT2D eigenvalue weighted by Crippen LogP contribution is -2.29. The second kappa shape index (κ2) is 6.12. The lowest BCUT2D eigenvalue weighted by Gasteiger charge is -2.07. The van der Waals surface area contributed by atoms with E-state index in [4.69, 9.17) is 15.2 Å². The Labute approximate surface area is 95.3 Å². The van der Waals surface area contributed by atoms with Gasteiger partial charge in [0.2, 0.25) is 0 Å². The number of nitrogens with two attached hydrogens (primary N) is 1. The van der Waals surface area contributed by atoms with E-state index in [0.717, 1.165) is 11.3 Å². The standard InChI is InChI=1S/C12H17NO3/c1-9(13)12(14)16-7-6-10-4-3-5-11(8-10)15-2/h3-5,8-9H,6-7,13H2,1-2H3. The number of esters is 1. The van der Waals surface area contributed by atoms with E-state index in [2.05, 4.69) is 0 Å². The van der Waals surface area contributed by atoms with Crippen LogP contribution < -0.4 is 10.5 Å². The summed E-state index contributed by atoms with van der Waals surface area (Å²) in [6.07, 6.45) is 0.662. The smallest absolute Gasteiger partial charge is 0.322 e. The van der Waals surface area contributed by atoms with E-state index in [9.17, 15) is 4.79 Å². The third-order valence-corrected chi connectivity index (χ3v) is 2.14. The summed E-state index contributed by atoms with van der Waals surface area (Å²) in [6, 6.07) is 7.09. The second-order valence-electron chi connectivity index (χ2n) is 3.56. The van der Waals surface area contributed by atoms with Crippen LogP contribution in [-0.2, 0) is 16.0 Å². The van der Waals surface area contributed by atoms with Crippen molar-refractivity contribution in [3.8, 4) is 5.75 Å². The van der Waals surface area contributed by atoms with Gasteiger partial charge in [-0.3, -0.25) is 4.79 Å². The number of methoxy groups -OCH3 is 1. The van der Waals surface area contributed by atoms with E-state index in [0.29, 0.717) is 13.0 Å². The van der Waals surface area contributed by atoms with E-state index >= 15 is 0 Å². The third kappa shape index (κ3) is 3.90. The quantitative estimate of drug-likeness (QED) is 0.760. The van der Waals surface area contributed by atoms with Crippen LogP contribution in [0.25, 0.3) is 0 Å². The van der Waals surface area contributed by atoms with Gasteiger partial charge < -0.3 is 15.2 Å². The van der Waals surface area contributed by atoms with Gasteiger partial charge in [-0.05, 0) is 24.6 Å². The summed E-state index contributed by atoms with van der Waals surface area (Å²) in [6.45, 7) is 1.95. The molecule has 1 rings (SSSR count). The maximum Gasteiger partial charge on any atom is 0.322 e. The fourth-order valence-corrected chi connectivity index (χ4v) is 1.23. The first-order valence-electron chi connectivity index (χ1n) is 5.18. The normalized spacial score (nSPS) is 11.9. The van der Waals surface area contributed by atoms with Gasteiger partial charge in [0.25, 0.3) is 0 Å². The fraction of sp³-hybridized carbons (Fsp3) is 0.417. The van der Waals surface area contributed by atoms with E-state index in [1.165, 1.54) is 0 Å². The fourth-order valence-electron chi connectivity index (χ4n) is 1.23. The third-order valence-electron chi connectivity index (χ3n) is 2.14. The van der Waals surface area contributed by atoms with E-state index < -0.39 is 6.04 Å². The molecule has 0 radical (unpaired) electrons. The molecule has 1 atom stereocenters. The van der Waals surface area contributed by atoms with Crippen LogP contribution in [-0.4, -0.2) is 25.7 Å². The molecule has 4 nitrogen and oxygen atoms in total. The van der Waals surface area contributed by atoms with Crippen LogP contribution in [0.5, 0.6) is 5.75 Å². The minimum absolute atomic E-state index is 0.341. The van der Waals surface area contributed by atoms with Gasteiger partial charge in [-0.2, -0.15) is 0 Å². The monoisotopic (exact) mass is 223 g/mol. The highest BCUT2D eigenvalue weighted by Crippen LogP contribution is 2.12. The van der Waals surface area contributed by atoms with E-state index in [1.807, 2.05) is 24.3 Å². The Morgan fingerprint density at radius 3 is 2.88 bits per heavy atom. The number of ether oxygens (including phenoxy) is 2. The number of hydrogen-bond acceptors (Lipinski definition) is 4. The lowest BCUT2D eigenvalue weighted by atomic mass is 10.1. The van der Waals surface area contributed by atoms with Gasteiger partial charge in [-0.1, -0.05) is 12.1 Å². The van der Waals surface area contributed by atoms with Crippen molar-refractivity contribution in [1.29, 1.82) is 0 Å². The van der Waals surface area contributed by atoms with Gasteiger partial charge in [-0.25, -0.2) is 0 Å². The van der Waals surface area contributed by atoms with Gasteiger partial charge >= 0.3 is 5.97 Å². The Bertz CT molecular complexity index is 350. The summed E-state index contributed by atoms with van der Waals surface area (Å²) in [5.41, 5.74) is 6.43. The van der Waals surface area contributed by atoms with Crippen molar-refractivity contribution in [2.45, 2.75) is 19.4 Å². The van der Waals surface area contributed by atoms with Crippen molar-refractivity contribution in [1.82, 2.24) is 0 Å². The Morgan fingerprint density at radius 2 is 2.25 bits per heavy atom. The van der Waals surface area contributed by atoms with Gasteiger partial charge in [0.05, 0.1) is 13.7 Å². The summed E-state index contributed by atoms with van der Waals surface area (Å²) in [5, 5.41) is 0. The van der Waals surface area contributed by atoms with Crippen molar-refractivity contribution >= 4 is 5.97 Å². The maximum absolute atomic E-state index is 11.1. The first-order chi connectivity index (χ1) is 7.63. The Kier molecular flexibility index (Phi) is 4.79. The van der Waals surface area contributed by atoms with Crippen LogP contribution in [0.15, 0.2) is 24.3 Å². The number of hydrogen-bond donors (Lipinski definition) is 1. The first-order valence-corrected chi connectivity index (χ1v) is 5.18. The summed E-state index contributed by atoms with van der Waals surface area (Å²) in [7, 11) is 1.62. The molecule has 0 aliphatic heterocycles. The lowest BCUT2D eigenvalue weighted by molar-refractivity contribution is -0.144. The minimum atomic E-state index is -0.565. The van der Waals surface area contributed by atoms with Gasteiger partial charge in [-0.15, -0.1) is 0 Å². The molecule has 4 heteroatoms. The number of benzene rings is 1. The largest absolute Gasteiger partial charge is 0.497 e. The molecule has 0 heterocycles. The Morgan fingerprint density at radius 1 is 1.50 bits per heavy atom. The second-order valence-corrected chi connectivity index (χ2v) is 3.56. The summed E-state index contributed by atoms with van der Waals surface area (Å²) < 4.78 is 10.1. The molecule has 0 aliphatic carbocycles. The molecule has 0 bridgehead atoms. The zero-order valence-electron chi connectivity index (χ0n) is 9.60. The van der Waals surface area contributed by atoms with Gasteiger partial charge in [0.15, 0.2) is 0 Å². The predicted molar refractivity (Wildman–Crippen MR) is 61.3 cm³/mol. The number of carbonyl (C=O) groups is 1. The zero-order chi connectivity index (χ0) is 12.0. The van der Waals surface area contributed by atoms with Gasteiger partial charge in [0.1, 0.15) is 11.8 Å². The molecule has 1 unspecified atom stereocenters. The van der Waals surface area contributed by atoms with Crippen LogP contribution >= 0.6 is 0 Å². The molecule has 0 saturated carbocycles. The summed E-state index contributed by atoms with van der Waals surface area (Å²) in [4.78, 5) is 11.1. The molecule has 0 aliphatic rings. The predicted octanol–water partition coefficient (Wildman–Crippen LogP) is 1.13. The van der Waals surface area contributed by atoms with Crippen LogP contribution in [0.4, 0.5) is 0 Å². The van der Waals surface area contributed by atoms with Crippen molar-refractivity contribution in [2.24, 2.45) is 5.73 Å². The maximum atomic E-state index is 11.1. The van der Waals surface area contributed by atoms with Crippen LogP contribution in [0.2, 0.25) is 0 Å². The number of rotatable bonds is 5. The van der Waals surface area contributed by atoms with E-state index in [-0.39, 0.29) is 5.97 Å². The molecule has 2 N–H and O–H groups in total. The molecule has 1 aromatic rings. The average Bonchev–Trinajstić information content (AvgIpc) is 2.29. The van der Waals surface area contributed by atoms with Crippen LogP contribution in [0.3, 0.4) is 0 Å².